The molecular weight excluding hydrogens is 226 g/mol. The molecule has 2 unspecified atom stereocenters. The molecule has 0 saturated carbocycles. The van der Waals surface area contributed by atoms with Gasteiger partial charge in [0.15, 0.2) is 0 Å². The first-order valence-electron chi connectivity index (χ1n) is 4.74. The van der Waals surface area contributed by atoms with Gasteiger partial charge in [0.2, 0.25) is 0 Å². The number of hydrogen-bond donors (Lipinski definition) is 3. The number of nitrogens with two attached hydrogens (primary N) is 1. The molecule has 0 saturated heterocycles. The molecule has 0 bridgehead atoms. The van der Waals surface area contributed by atoms with Gasteiger partial charge in [0.1, 0.15) is 12.1 Å². The predicted molar refractivity (Wildman–Crippen MR) is 62.4 cm³/mol. The third kappa shape index (κ3) is 1.80. The molecule has 2 rings (SSSR count). The zero-order valence-corrected chi connectivity index (χ0v) is 9.15. The number of aliphatic hydroxyl groups is 1. The van der Waals surface area contributed by atoms with E-state index in [1.807, 2.05) is 24.3 Å². The van der Waals surface area contributed by atoms with Crippen LogP contribution in [0.4, 0.5) is 0 Å². The first kappa shape index (κ1) is 11.1. The van der Waals surface area contributed by atoms with E-state index in [1.54, 1.807) is 5.38 Å². The van der Waals surface area contributed by atoms with Crippen molar-refractivity contribution in [2.45, 2.75) is 12.1 Å². The minimum atomic E-state index is -1.29. The normalized spacial score (nSPS) is 14.9. The van der Waals surface area contributed by atoms with Gasteiger partial charge in [-0.2, -0.15) is 0 Å². The second-order valence-electron chi connectivity index (χ2n) is 3.50. The van der Waals surface area contributed by atoms with Gasteiger partial charge >= 0.3 is 5.97 Å². The lowest BCUT2D eigenvalue weighted by molar-refractivity contribution is -0.141. The average Bonchev–Trinajstić information content (AvgIpc) is 2.70. The zero-order chi connectivity index (χ0) is 11.7. The van der Waals surface area contributed by atoms with E-state index in [9.17, 15) is 9.90 Å². The summed E-state index contributed by atoms with van der Waals surface area (Å²) in [7, 11) is 0. The Morgan fingerprint density at radius 1 is 1.38 bits per heavy atom. The Hall–Kier alpha value is -1.43. The molecule has 1 aromatic carbocycles. The molecule has 1 aromatic heterocycles. The molecule has 0 radical (unpaired) electrons. The number of fused-ring (bicyclic) bond motifs is 1. The highest BCUT2D eigenvalue weighted by molar-refractivity contribution is 7.17. The maximum absolute atomic E-state index is 10.7. The molecule has 0 spiro atoms. The Kier molecular flexibility index (Phi) is 2.91. The maximum Gasteiger partial charge on any atom is 0.323 e. The predicted octanol–water partition coefficient (Wildman–Crippen LogP) is 1.35. The van der Waals surface area contributed by atoms with Crippen LogP contribution in [0.3, 0.4) is 0 Å². The standard InChI is InChI=1S/C11H11NO3S/c12-9(11(14)15)10(13)7-5-16-8-4-2-1-3-6(7)8/h1-5,9-10,13H,12H2,(H,14,15). The van der Waals surface area contributed by atoms with Crippen LogP contribution < -0.4 is 5.73 Å². The summed E-state index contributed by atoms with van der Waals surface area (Å²) in [6, 6.07) is 6.21. The fourth-order valence-corrected chi connectivity index (χ4v) is 2.55. The minimum Gasteiger partial charge on any atom is -0.480 e. The summed E-state index contributed by atoms with van der Waals surface area (Å²) < 4.78 is 1.01. The van der Waals surface area contributed by atoms with Crippen LogP contribution in [0, 0.1) is 0 Å². The third-order valence-corrected chi connectivity index (χ3v) is 3.44. The first-order chi connectivity index (χ1) is 7.61. The van der Waals surface area contributed by atoms with Gasteiger partial charge in [-0.15, -0.1) is 11.3 Å². The Labute approximate surface area is 95.9 Å². The largest absolute Gasteiger partial charge is 0.480 e. The van der Waals surface area contributed by atoms with Crippen LogP contribution in [0.25, 0.3) is 10.1 Å². The molecular formula is C11H11NO3S. The summed E-state index contributed by atoms with van der Waals surface area (Å²) in [5.74, 6) is -1.21. The van der Waals surface area contributed by atoms with Crippen LogP contribution in [-0.4, -0.2) is 22.2 Å². The van der Waals surface area contributed by atoms with Crippen molar-refractivity contribution in [3.05, 3.63) is 35.2 Å². The van der Waals surface area contributed by atoms with Crippen molar-refractivity contribution < 1.29 is 15.0 Å². The van der Waals surface area contributed by atoms with Crippen molar-refractivity contribution in [1.29, 1.82) is 0 Å². The highest BCUT2D eigenvalue weighted by atomic mass is 32.1. The number of thiophene rings is 1. The Morgan fingerprint density at radius 2 is 2.06 bits per heavy atom. The molecule has 1 heterocycles. The van der Waals surface area contributed by atoms with Crippen molar-refractivity contribution in [2.24, 2.45) is 5.73 Å². The lowest BCUT2D eigenvalue weighted by Crippen LogP contribution is -2.36. The second-order valence-corrected chi connectivity index (χ2v) is 4.41. The molecule has 4 N–H and O–H groups in total. The van der Waals surface area contributed by atoms with E-state index in [0.29, 0.717) is 5.56 Å². The van der Waals surface area contributed by atoms with Gasteiger partial charge < -0.3 is 15.9 Å². The van der Waals surface area contributed by atoms with Gasteiger partial charge in [-0.1, -0.05) is 18.2 Å². The number of carboxylic acids is 1. The van der Waals surface area contributed by atoms with E-state index in [-0.39, 0.29) is 0 Å². The summed E-state index contributed by atoms with van der Waals surface area (Å²) in [5, 5.41) is 21.2. The van der Waals surface area contributed by atoms with Crippen molar-refractivity contribution >= 4 is 27.4 Å². The molecule has 0 amide bonds. The fourth-order valence-electron chi connectivity index (χ4n) is 1.56. The molecule has 0 aliphatic carbocycles. The number of rotatable bonds is 3. The highest BCUT2D eigenvalue weighted by Crippen LogP contribution is 2.31. The molecule has 0 aliphatic heterocycles. The number of aliphatic hydroxyl groups excluding tert-OH is 1. The van der Waals surface area contributed by atoms with Crippen LogP contribution in [0.5, 0.6) is 0 Å². The smallest absolute Gasteiger partial charge is 0.323 e. The van der Waals surface area contributed by atoms with Crippen LogP contribution in [-0.2, 0) is 4.79 Å². The van der Waals surface area contributed by atoms with Crippen LogP contribution in [0.2, 0.25) is 0 Å². The minimum absolute atomic E-state index is 0.579. The number of hydrogen-bond acceptors (Lipinski definition) is 4. The first-order valence-corrected chi connectivity index (χ1v) is 5.62. The molecule has 0 aliphatic rings. The van der Waals surface area contributed by atoms with Crippen molar-refractivity contribution in [3.63, 3.8) is 0 Å². The third-order valence-electron chi connectivity index (χ3n) is 2.45. The molecule has 2 aromatic rings. The van der Waals surface area contributed by atoms with Gasteiger partial charge in [0, 0.05) is 10.3 Å². The van der Waals surface area contributed by atoms with E-state index >= 15 is 0 Å². The van der Waals surface area contributed by atoms with Gasteiger partial charge in [-0.3, -0.25) is 4.79 Å². The summed E-state index contributed by atoms with van der Waals surface area (Å²) in [6.07, 6.45) is -1.17. The lowest BCUT2D eigenvalue weighted by atomic mass is 10.0. The van der Waals surface area contributed by atoms with E-state index in [4.69, 9.17) is 10.8 Å². The van der Waals surface area contributed by atoms with Crippen molar-refractivity contribution in [3.8, 4) is 0 Å². The Bertz CT molecular complexity index is 523. The summed E-state index contributed by atoms with van der Waals surface area (Å²) in [6.45, 7) is 0. The van der Waals surface area contributed by atoms with Crippen molar-refractivity contribution in [1.82, 2.24) is 0 Å². The van der Waals surface area contributed by atoms with Crippen LogP contribution in [0.1, 0.15) is 11.7 Å². The van der Waals surface area contributed by atoms with Gasteiger partial charge in [0.05, 0.1) is 0 Å². The van der Waals surface area contributed by atoms with Gasteiger partial charge in [0.25, 0.3) is 0 Å². The lowest BCUT2D eigenvalue weighted by Gasteiger charge is -2.14. The summed E-state index contributed by atoms with van der Waals surface area (Å²) >= 11 is 1.46. The number of carboxylic acid groups (broad SMARTS) is 1. The molecule has 5 heteroatoms. The highest BCUT2D eigenvalue weighted by Gasteiger charge is 2.25. The van der Waals surface area contributed by atoms with E-state index < -0.39 is 18.1 Å². The Morgan fingerprint density at radius 3 is 2.75 bits per heavy atom. The zero-order valence-electron chi connectivity index (χ0n) is 8.33. The van der Waals surface area contributed by atoms with Crippen LogP contribution >= 0.6 is 11.3 Å². The van der Waals surface area contributed by atoms with Gasteiger partial charge in [-0.25, -0.2) is 0 Å². The summed E-state index contributed by atoms with van der Waals surface area (Å²) in [4.78, 5) is 10.7. The molecule has 4 nitrogen and oxygen atoms in total. The number of carbonyl (C=O) groups is 1. The second kappa shape index (κ2) is 4.21. The fraction of sp³-hybridized carbons (Fsp3) is 0.182. The van der Waals surface area contributed by atoms with Gasteiger partial charge in [-0.05, 0) is 16.8 Å². The Balaban J connectivity index is 2.44. The number of benzene rings is 1. The molecule has 16 heavy (non-hydrogen) atoms. The van der Waals surface area contributed by atoms with Crippen molar-refractivity contribution in [2.75, 3.05) is 0 Å². The van der Waals surface area contributed by atoms with E-state index in [1.165, 1.54) is 11.3 Å². The van der Waals surface area contributed by atoms with E-state index in [2.05, 4.69) is 0 Å². The average molecular weight is 237 g/mol. The maximum atomic E-state index is 10.7. The topological polar surface area (TPSA) is 83.6 Å². The molecule has 2 atom stereocenters. The SMILES string of the molecule is NC(C(=O)O)C(O)c1csc2ccccc12. The van der Waals surface area contributed by atoms with Crippen LogP contribution in [0.15, 0.2) is 29.6 Å². The monoisotopic (exact) mass is 237 g/mol. The summed E-state index contributed by atoms with van der Waals surface area (Å²) in [5.41, 5.74) is 5.98. The number of aliphatic carboxylic acids is 1. The molecule has 84 valence electrons. The quantitative estimate of drug-likeness (QED) is 0.752. The van der Waals surface area contributed by atoms with E-state index in [0.717, 1.165) is 10.1 Å². The molecule has 0 fully saturated rings.